The number of benzene rings is 1. The minimum absolute atomic E-state index is 0.0507. The lowest BCUT2D eigenvalue weighted by molar-refractivity contribution is 0.0913. The molecule has 0 saturated carbocycles. The van der Waals surface area contributed by atoms with Crippen LogP contribution in [0.3, 0.4) is 0 Å². The molecular weight excluding hydrogens is 292 g/mol. The lowest BCUT2D eigenvalue weighted by Gasteiger charge is -2.06. The van der Waals surface area contributed by atoms with Gasteiger partial charge in [-0.2, -0.15) is 0 Å². The monoisotopic (exact) mass is 304 g/mol. The van der Waals surface area contributed by atoms with Crippen LogP contribution in [0, 0.1) is 12.3 Å². The lowest BCUT2D eigenvalue weighted by atomic mass is 10.0. The molecule has 21 heavy (non-hydrogen) atoms. The smallest absolute Gasteiger partial charge is 0.291 e. The molecule has 108 valence electrons. The second-order valence-electron chi connectivity index (χ2n) is 4.34. The zero-order chi connectivity index (χ0) is 15.4. The third-order valence-corrected chi connectivity index (χ3v) is 3.07. The number of rotatable bonds is 4. The zero-order valence-corrected chi connectivity index (χ0v) is 12.0. The summed E-state index contributed by atoms with van der Waals surface area (Å²) in [4.78, 5) is 12.0. The summed E-state index contributed by atoms with van der Waals surface area (Å²) < 4.78 is 5.08. The summed E-state index contributed by atoms with van der Waals surface area (Å²) in [5, 5.41) is 16.8. The zero-order valence-electron chi connectivity index (χ0n) is 11.3. The summed E-state index contributed by atoms with van der Waals surface area (Å²) in [6.07, 6.45) is 4.17. The van der Waals surface area contributed by atoms with E-state index in [-0.39, 0.29) is 12.3 Å². The van der Waals surface area contributed by atoms with Crippen LogP contribution in [0.25, 0.3) is 11.3 Å². The average Bonchev–Trinajstić information content (AvgIpc) is 2.90. The van der Waals surface area contributed by atoms with Crippen LogP contribution in [0.4, 0.5) is 0 Å². The van der Waals surface area contributed by atoms with Gasteiger partial charge >= 0.3 is 0 Å². The van der Waals surface area contributed by atoms with E-state index in [0.717, 1.165) is 0 Å². The molecule has 0 aliphatic carbocycles. The van der Waals surface area contributed by atoms with Crippen molar-refractivity contribution in [3.05, 3.63) is 40.6 Å². The van der Waals surface area contributed by atoms with Crippen molar-refractivity contribution < 1.29 is 14.4 Å². The maximum atomic E-state index is 12.0. The lowest BCUT2D eigenvalue weighted by Crippen LogP contribution is -2.24. The summed E-state index contributed by atoms with van der Waals surface area (Å²) in [7, 11) is 0. The van der Waals surface area contributed by atoms with Gasteiger partial charge in [0.05, 0.1) is 18.2 Å². The first kappa shape index (κ1) is 15.1. The number of hydrogen-bond donors (Lipinski definition) is 2. The summed E-state index contributed by atoms with van der Waals surface area (Å²) in [6, 6.07) is 6.84. The van der Waals surface area contributed by atoms with Gasteiger partial charge in [0.25, 0.3) is 5.91 Å². The number of nitrogens with zero attached hydrogens (tertiary/aromatic N) is 1. The van der Waals surface area contributed by atoms with Gasteiger partial charge in [-0.25, -0.2) is 0 Å². The van der Waals surface area contributed by atoms with E-state index in [9.17, 15) is 9.90 Å². The Morgan fingerprint density at radius 3 is 2.76 bits per heavy atom. The Hall–Kier alpha value is -2.29. The number of carbonyl (C=O) groups is 1. The standard InChI is InChI=1S/C15H13ClN2O3/c1-3-8-17-15(20)14-12(9(2)19)13(18-21-14)10-4-6-11(16)7-5-10/h1,4-7,9,19H,8H2,2H3,(H,17,20). The summed E-state index contributed by atoms with van der Waals surface area (Å²) in [6.45, 7) is 1.60. The molecule has 0 saturated heterocycles. The second-order valence-corrected chi connectivity index (χ2v) is 4.78. The van der Waals surface area contributed by atoms with Gasteiger partial charge in [0.2, 0.25) is 5.76 Å². The third-order valence-electron chi connectivity index (χ3n) is 2.82. The van der Waals surface area contributed by atoms with Gasteiger partial charge in [-0.1, -0.05) is 34.8 Å². The Morgan fingerprint density at radius 1 is 1.52 bits per heavy atom. The van der Waals surface area contributed by atoms with Crippen molar-refractivity contribution in [3.8, 4) is 23.6 Å². The molecule has 0 aliphatic heterocycles. The van der Waals surface area contributed by atoms with Crippen LogP contribution in [0.5, 0.6) is 0 Å². The number of aliphatic hydroxyl groups is 1. The molecule has 5 nitrogen and oxygen atoms in total. The van der Waals surface area contributed by atoms with Crippen molar-refractivity contribution in [2.45, 2.75) is 13.0 Å². The number of aromatic nitrogens is 1. The predicted octanol–water partition coefficient (Wildman–Crippen LogP) is 2.41. The molecule has 1 aromatic carbocycles. The number of hydrogen-bond acceptors (Lipinski definition) is 4. The van der Waals surface area contributed by atoms with Crippen molar-refractivity contribution >= 4 is 17.5 Å². The largest absolute Gasteiger partial charge is 0.388 e. The number of carbonyl (C=O) groups excluding carboxylic acids is 1. The number of halogens is 1. The minimum atomic E-state index is -0.923. The molecule has 2 aromatic rings. The summed E-state index contributed by atoms with van der Waals surface area (Å²) in [5.74, 6) is 1.72. The number of terminal acetylenes is 1. The van der Waals surface area contributed by atoms with Gasteiger partial charge in [-0.15, -0.1) is 6.42 Å². The van der Waals surface area contributed by atoms with E-state index in [4.69, 9.17) is 22.5 Å². The fourth-order valence-electron chi connectivity index (χ4n) is 1.88. The van der Waals surface area contributed by atoms with E-state index in [1.807, 2.05) is 0 Å². The number of nitrogens with one attached hydrogen (secondary N) is 1. The van der Waals surface area contributed by atoms with E-state index >= 15 is 0 Å². The molecule has 0 aliphatic rings. The highest BCUT2D eigenvalue weighted by Gasteiger charge is 2.25. The average molecular weight is 305 g/mol. The minimum Gasteiger partial charge on any atom is -0.388 e. The van der Waals surface area contributed by atoms with Crippen molar-refractivity contribution in [3.63, 3.8) is 0 Å². The fourth-order valence-corrected chi connectivity index (χ4v) is 2.00. The van der Waals surface area contributed by atoms with Crippen LogP contribution in [0.2, 0.25) is 5.02 Å². The first-order valence-corrected chi connectivity index (χ1v) is 6.57. The SMILES string of the molecule is C#CCNC(=O)c1onc(-c2ccc(Cl)cc2)c1C(C)O. The van der Waals surface area contributed by atoms with Gasteiger partial charge in [0.1, 0.15) is 5.69 Å². The van der Waals surface area contributed by atoms with Crippen molar-refractivity contribution in [1.29, 1.82) is 0 Å². The Labute approximate surface area is 126 Å². The molecule has 0 bridgehead atoms. The summed E-state index contributed by atoms with van der Waals surface area (Å²) in [5.41, 5.74) is 1.40. The van der Waals surface area contributed by atoms with Crippen LogP contribution < -0.4 is 5.32 Å². The molecule has 1 heterocycles. The third kappa shape index (κ3) is 3.24. The molecule has 6 heteroatoms. The van der Waals surface area contributed by atoms with Crippen LogP contribution in [-0.2, 0) is 0 Å². The highest BCUT2D eigenvalue weighted by atomic mass is 35.5. The first-order chi connectivity index (χ1) is 10.0. The topological polar surface area (TPSA) is 75.4 Å². The van der Waals surface area contributed by atoms with E-state index in [0.29, 0.717) is 21.8 Å². The number of aliphatic hydroxyl groups excluding tert-OH is 1. The second kappa shape index (κ2) is 6.44. The summed E-state index contributed by atoms with van der Waals surface area (Å²) >= 11 is 5.84. The molecule has 1 atom stereocenters. The Kier molecular flexibility index (Phi) is 4.63. The van der Waals surface area contributed by atoms with Gasteiger partial charge < -0.3 is 14.9 Å². The fraction of sp³-hybridized carbons (Fsp3) is 0.200. The van der Waals surface area contributed by atoms with Gasteiger partial charge in [-0.05, 0) is 19.1 Å². The maximum absolute atomic E-state index is 12.0. The van der Waals surface area contributed by atoms with E-state index < -0.39 is 12.0 Å². The molecule has 0 fully saturated rings. The molecule has 2 N–H and O–H groups in total. The Bertz CT molecular complexity index is 684. The van der Waals surface area contributed by atoms with E-state index in [1.54, 1.807) is 24.3 Å². The predicted molar refractivity (Wildman–Crippen MR) is 78.7 cm³/mol. The normalized spacial score (nSPS) is 11.7. The molecule has 0 radical (unpaired) electrons. The molecule has 1 aromatic heterocycles. The van der Waals surface area contributed by atoms with Gasteiger partial charge in [0.15, 0.2) is 0 Å². The molecule has 2 rings (SSSR count). The molecule has 0 spiro atoms. The van der Waals surface area contributed by atoms with Crippen molar-refractivity contribution in [2.75, 3.05) is 6.54 Å². The highest BCUT2D eigenvalue weighted by molar-refractivity contribution is 6.30. The van der Waals surface area contributed by atoms with E-state index in [1.165, 1.54) is 6.92 Å². The quantitative estimate of drug-likeness (QED) is 0.851. The van der Waals surface area contributed by atoms with Crippen LogP contribution in [0.1, 0.15) is 29.1 Å². The van der Waals surface area contributed by atoms with Crippen LogP contribution >= 0.6 is 11.6 Å². The highest BCUT2D eigenvalue weighted by Crippen LogP contribution is 2.31. The molecule has 1 amide bonds. The van der Waals surface area contributed by atoms with Crippen molar-refractivity contribution in [2.24, 2.45) is 0 Å². The Morgan fingerprint density at radius 2 is 2.19 bits per heavy atom. The van der Waals surface area contributed by atoms with E-state index in [2.05, 4.69) is 16.4 Å². The maximum Gasteiger partial charge on any atom is 0.291 e. The van der Waals surface area contributed by atoms with Crippen LogP contribution in [0.15, 0.2) is 28.8 Å². The Balaban J connectivity index is 2.44. The number of amides is 1. The van der Waals surface area contributed by atoms with Gasteiger partial charge in [0, 0.05) is 10.6 Å². The van der Waals surface area contributed by atoms with Crippen molar-refractivity contribution in [1.82, 2.24) is 10.5 Å². The van der Waals surface area contributed by atoms with Gasteiger partial charge in [-0.3, -0.25) is 4.79 Å². The first-order valence-electron chi connectivity index (χ1n) is 6.19. The molecular formula is C15H13ClN2O3. The van der Waals surface area contributed by atoms with Crippen LogP contribution in [-0.4, -0.2) is 22.7 Å². The molecule has 1 unspecified atom stereocenters.